The Hall–Kier alpha value is -5.67. The third-order valence-corrected chi connectivity index (χ3v) is 11.5. The van der Waals surface area contributed by atoms with E-state index in [0.717, 1.165) is 68.3 Å². The van der Waals surface area contributed by atoms with Gasteiger partial charge in [-0.1, -0.05) is 6.07 Å². The van der Waals surface area contributed by atoms with Gasteiger partial charge in [0.05, 0.1) is 32.3 Å². The second-order valence-electron chi connectivity index (χ2n) is 14.0. The number of thiophene rings is 1. The highest BCUT2D eigenvalue weighted by Gasteiger charge is 2.45. The van der Waals surface area contributed by atoms with Gasteiger partial charge in [0.1, 0.15) is 17.3 Å². The number of rotatable bonds is 6. The maximum absolute atomic E-state index is 14.5. The molecular formula is C40H34F4N6O4S. The number of nitrogens with zero attached hydrogens (tertiary/aromatic N) is 4. The lowest BCUT2D eigenvalue weighted by Crippen LogP contribution is -2.59. The molecule has 3 aliphatic heterocycles. The monoisotopic (exact) mass is 770 g/mol. The second-order valence-corrected chi connectivity index (χ2v) is 15.0. The molecule has 1 spiro atoms. The highest BCUT2D eigenvalue weighted by molar-refractivity contribution is 7.17. The Labute approximate surface area is 317 Å². The third-order valence-electron chi connectivity index (χ3n) is 10.3. The topological polar surface area (TPSA) is 117 Å². The van der Waals surface area contributed by atoms with E-state index in [-0.39, 0.29) is 28.7 Å². The predicted octanol–water partition coefficient (Wildman–Crippen LogP) is 8.00. The Kier molecular flexibility index (Phi) is 9.37. The molecule has 0 aliphatic carbocycles. The van der Waals surface area contributed by atoms with Gasteiger partial charge in [0, 0.05) is 61.4 Å². The van der Waals surface area contributed by atoms with Gasteiger partial charge in [-0.15, -0.1) is 11.3 Å². The van der Waals surface area contributed by atoms with E-state index < -0.39 is 29.2 Å². The summed E-state index contributed by atoms with van der Waals surface area (Å²) in [6.45, 7) is 5.25. The van der Waals surface area contributed by atoms with Gasteiger partial charge in [0.2, 0.25) is 0 Å². The predicted molar refractivity (Wildman–Crippen MR) is 200 cm³/mol. The highest BCUT2D eigenvalue weighted by Crippen LogP contribution is 2.44. The summed E-state index contributed by atoms with van der Waals surface area (Å²) in [6, 6.07) is 17.6. The van der Waals surface area contributed by atoms with Crippen molar-refractivity contribution in [2.45, 2.75) is 32.4 Å². The number of hydrogen-bond acceptors (Lipinski definition) is 8. The second kappa shape index (κ2) is 14.2. The summed E-state index contributed by atoms with van der Waals surface area (Å²) in [5.41, 5.74) is 1.68. The summed E-state index contributed by atoms with van der Waals surface area (Å²) in [5.74, 6) is -2.08. The number of para-hydroxylation sites is 1. The molecule has 3 aromatic heterocycles. The van der Waals surface area contributed by atoms with Crippen molar-refractivity contribution in [2.75, 3.05) is 53.3 Å². The first-order valence-corrected chi connectivity index (χ1v) is 18.5. The van der Waals surface area contributed by atoms with E-state index in [2.05, 4.69) is 20.5 Å². The highest BCUT2D eigenvalue weighted by atomic mass is 32.1. The van der Waals surface area contributed by atoms with Crippen LogP contribution in [-0.2, 0) is 17.3 Å². The number of anilines is 4. The Bertz CT molecular complexity index is 2320. The Morgan fingerprint density at radius 3 is 2.44 bits per heavy atom. The quantitative estimate of drug-likeness (QED) is 0.168. The molecule has 0 saturated carbocycles. The molecule has 2 aromatic carbocycles. The summed E-state index contributed by atoms with van der Waals surface area (Å²) >= 11 is 0.998. The minimum absolute atomic E-state index is 0.0667. The van der Waals surface area contributed by atoms with Gasteiger partial charge >= 0.3 is 6.18 Å². The van der Waals surface area contributed by atoms with E-state index in [1.165, 1.54) is 6.07 Å². The Morgan fingerprint density at radius 1 is 0.927 bits per heavy atom. The van der Waals surface area contributed by atoms with E-state index in [1.54, 1.807) is 53.6 Å². The normalized spacial score (nSPS) is 16.1. The maximum Gasteiger partial charge on any atom is 0.418 e. The smallest absolute Gasteiger partial charge is 0.381 e. The Morgan fingerprint density at radius 2 is 1.69 bits per heavy atom. The Balaban J connectivity index is 0.977. The minimum Gasteiger partial charge on any atom is -0.381 e. The molecule has 5 aromatic rings. The zero-order valence-corrected chi connectivity index (χ0v) is 30.3. The summed E-state index contributed by atoms with van der Waals surface area (Å²) in [6.07, 6.45) is -1.04. The van der Waals surface area contributed by atoms with Crippen LogP contribution in [0, 0.1) is 18.2 Å². The fourth-order valence-corrected chi connectivity index (χ4v) is 8.50. The van der Waals surface area contributed by atoms with Gasteiger partial charge in [0.25, 0.3) is 17.7 Å². The number of amides is 3. The van der Waals surface area contributed by atoms with Crippen LogP contribution in [0.4, 0.5) is 40.4 Å². The van der Waals surface area contributed by atoms with Crippen LogP contribution >= 0.6 is 11.3 Å². The molecule has 3 amide bonds. The molecule has 2 N–H and O–H groups in total. The summed E-state index contributed by atoms with van der Waals surface area (Å²) < 4.78 is 60.7. The summed E-state index contributed by atoms with van der Waals surface area (Å²) in [5, 5.41) is 5.05. The SMILES string of the molecule is Cc1ccc(C(=O)Nc2ccc(C(=O)N3CCc4cc(C(=O)Nc5c(F)cccc5C(F)(F)F)sc4-c4ncccc43)cc2)c(N2CC3(CCOCC3)C2)n1. The van der Waals surface area contributed by atoms with Crippen molar-refractivity contribution in [1.29, 1.82) is 0 Å². The summed E-state index contributed by atoms with van der Waals surface area (Å²) in [7, 11) is 0. The molecule has 2 fully saturated rings. The van der Waals surface area contributed by atoms with Crippen LogP contribution < -0.4 is 20.4 Å². The number of carbonyl (C=O) groups excluding carboxylic acids is 3. The molecule has 8 rings (SSSR count). The van der Waals surface area contributed by atoms with Gasteiger partial charge < -0.3 is 25.2 Å². The van der Waals surface area contributed by atoms with Crippen LogP contribution in [0.5, 0.6) is 0 Å². The first kappa shape index (κ1) is 36.3. The van der Waals surface area contributed by atoms with E-state index in [1.807, 2.05) is 13.0 Å². The number of aromatic nitrogens is 2. The van der Waals surface area contributed by atoms with E-state index in [9.17, 15) is 31.9 Å². The number of fused-ring (bicyclic) bond motifs is 3. The molecule has 0 bridgehead atoms. The van der Waals surface area contributed by atoms with Crippen molar-refractivity contribution in [3.8, 4) is 10.6 Å². The number of carbonyl (C=O) groups is 3. The van der Waals surface area contributed by atoms with Crippen LogP contribution in [-0.4, -0.2) is 60.5 Å². The molecule has 15 heteroatoms. The third kappa shape index (κ3) is 7.05. The van der Waals surface area contributed by atoms with E-state index >= 15 is 0 Å². The van der Waals surface area contributed by atoms with Crippen molar-refractivity contribution in [3.63, 3.8) is 0 Å². The van der Waals surface area contributed by atoms with Crippen molar-refractivity contribution in [3.05, 3.63) is 118 Å². The molecule has 0 unspecified atom stereocenters. The van der Waals surface area contributed by atoms with E-state index in [0.29, 0.717) is 56.9 Å². The fourth-order valence-electron chi connectivity index (χ4n) is 7.39. The standard InChI is InChI=1S/C40H34F4N6O4S/c1-23-7-12-27(35(46-23)49-21-39(22-49)14-18-54-19-15-39)36(51)47-26-10-8-24(9-11-26)38(53)50-17-13-25-20-31(55-34(25)33-30(50)6-3-16-45-33)37(52)48-32-28(40(42,43)44)4-2-5-29(32)41/h2-12,16,20H,13-15,17-19,21-22H2,1H3,(H,47,51)(H,48,52). The molecule has 282 valence electrons. The molecule has 0 atom stereocenters. The van der Waals surface area contributed by atoms with Gasteiger partial charge in [0.15, 0.2) is 0 Å². The van der Waals surface area contributed by atoms with Crippen LogP contribution in [0.25, 0.3) is 10.6 Å². The average molecular weight is 771 g/mol. The number of benzene rings is 2. The lowest BCUT2D eigenvalue weighted by molar-refractivity contribution is -0.137. The van der Waals surface area contributed by atoms with Gasteiger partial charge in [-0.3, -0.25) is 19.4 Å². The molecule has 0 radical (unpaired) electrons. The van der Waals surface area contributed by atoms with Crippen LogP contribution in [0.2, 0.25) is 0 Å². The van der Waals surface area contributed by atoms with Crippen molar-refractivity contribution >= 4 is 51.9 Å². The molecule has 3 aliphatic rings. The lowest BCUT2D eigenvalue weighted by Gasteiger charge is -2.53. The lowest BCUT2D eigenvalue weighted by atomic mass is 9.73. The number of hydrogen-bond donors (Lipinski definition) is 2. The first-order valence-electron chi connectivity index (χ1n) is 17.7. The number of halogens is 4. The number of pyridine rings is 2. The van der Waals surface area contributed by atoms with Crippen molar-refractivity contribution in [1.82, 2.24) is 9.97 Å². The molecular weight excluding hydrogens is 737 g/mol. The fraction of sp³-hybridized carbons (Fsp3) is 0.275. The van der Waals surface area contributed by atoms with Crippen LogP contribution in [0.15, 0.2) is 79.0 Å². The number of alkyl halides is 3. The van der Waals surface area contributed by atoms with Gasteiger partial charge in [-0.25, -0.2) is 9.37 Å². The molecule has 2 saturated heterocycles. The average Bonchev–Trinajstić information content (AvgIpc) is 3.52. The van der Waals surface area contributed by atoms with E-state index in [4.69, 9.17) is 9.72 Å². The number of nitrogens with one attached hydrogen (secondary N) is 2. The van der Waals surface area contributed by atoms with Crippen molar-refractivity contribution < 1.29 is 36.7 Å². The van der Waals surface area contributed by atoms with Crippen LogP contribution in [0.3, 0.4) is 0 Å². The zero-order chi connectivity index (χ0) is 38.5. The molecule has 10 nitrogen and oxygen atoms in total. The largest absolute Gasteiger partial charge is 0.418 e. The summed E-state index contributed by atoms with van der Waals surface area (Å²) in [4.78, 5) is 54.3. The van der Waals surface area contributed by atoms with Crippen molar-refractivity contribution in [2.24, 2.45) is 5.41 Å². The maximum atomic E-state index is 14.5. The minimum atomic E-state index is -4.88. The molecule has 6 heterocycles. The molecule has 55 heavy (non-hydrogen) atoms. The zero-order valence-electron chi connectivity index (χ0n) is 29.5. The van der Waals surface area contributed by atoms with Gasteiger partial charge in [-0.2, -0.15) is 13.2 Å². The first-order chi connectivity index (χ1) is 26.4. The number of aryl methyl sites for hydroxylation is 1. The van der Waals surface area contributed by atoms with Gasteiger partial charge in [-0.05, 0) is 98.5 Å². The van der Waals surface area contributed by atoms with Crippen LogP contribution in [0.1, 0.15) is 60.1 Å². The number of ether oxygens (including phenoxy) is 1.